The van der Waals surface area contributed by atoms with Crippen LogP contribution < -0.4 is 9.47 Å². The standard InChI is InChI=1S/C54H38N2O2/c1-53(2)39-17-9-5-13-33(39)37-29-31(21-23-41(37)53)55-43-19-11-7-15-35(43)49-45(55)25-27-47-51(49)57-48-28-26-46-50(52(48)58-47)36-16-8-12-20-44(36)56(46)32-22-24-42-38(30-32)34-14-6-10-18-40(34)54(42,3)4/h5-30H,1-4H3. The Morgan fingerprint density at radius 1 is 0.362 bits per heavy atom. The molecule has 3 heterocycles. The molecule has 4 nitrogen and oxygen atoms in total. The second-order valence-corrected chi connectivity index (χ2v) is 17.3. The number of ether oxygens (including phenoxy) is 2. The average Bonchev–Trinajstić information content (AvgIpc) is 3.92. The lowest BCUT2D eigenvalue weighted by Gasteiger charge is -2.23. The van der Waals surface area contributed by atoms with E-state index in [4.69, 9.17) is 9.47 Å². The zero-order valence-electron chi connectivity index (χ0n) is 32.7. The lowest BCUT2D eigenvalue weighted by molar-refractivity contribution is 0.367. The molecule has 13 rings (SSSR count). The Morgan fingerprint density at radius 3 is 1.22 bits per heavy atom. The molecule has 58 heavy (non-hydrogen) atoms. The molecule has 0 bridgehead atoms. The van der Waals surface area contributed by atoms with Gasteiger partial charge in [-0.15, -0.1) is 0 Å². The topological polar surface area (TPSA) is 28.3 Å². The van der Waals surface area contributed by atoms with Crippen LogP contribution >= 0.6 is 0 Å². The Kier molecular flexibility index (Phi) is 6.01. The zero-order chi connectivity index (χ0) is 38.7. The monoisotopic (exact) mass is 746 g/mol. The second kappa shape index (κ2) is 10.9. The molecule has 0 saturated heterocycles. The van der Waals surface area contributed by atoms with Gasteiger partial charge >= 0.3 is 0 Å². The van der Waals surface area contributed by atoms with E-state index in [1.165, 1.54) is 44.5 Å². The number of hydrogen-bond donors (Lipinski definition) is 0. The van der Waals surface area contributed by atoms with E-state index in [9.17, 15) is 0 Å². The fraction of sp³-hybridized carbons (Fsp3) is 0.111. The Bertz CT molecular complexity index is 3240. The van der Waals surface area contributed by atoms with E-state index in [0.717, 1.165) is 66.5 Å². The summed E-state index contributed by atoms with van der Waals surface area (Å²) < 4.78 is 18.8. The maximum atomic E-state index is 7.04. The van der Waals surface area contributed by atoms with Crippen molar-refractivity contribution < 1.29 is 9.47 Å². The van der Waals surface area contributed by atoms with Crippen LogP contribution in [0.3, 0.4) is 0 Å². The van der Waals surface area contributed by atoms with Crippen molar-refractivity contribution in [3.05, 3.63) is 180 Å². The van der Waals surface area contributed by atoms with Crippen LogP contribution in [0.25, 0.3) is 77.2 Å². The summed E-state index contributed by atoms with van der Waals surface area (Å²) in [5.74, 6) is 2.92. The summed E-state index contributed by atoms with van der Waals surface area (Å²) in [4.78, 5) is 0. The third-order valence-corrected chi connectivity index (χ3v) is 13.6. The van der Waals surface area contributed by atoms with E-state index in [1.807, 2.05) is 0 Å². The molecule has 0 N–H and O–H groups in total. The maximum absolute atomic E-state index is 7.04. The van der Waals surface area contributed by atoms with E-state index in [2.05, 4.69) is 195 Å². The molecule has 0 spiro atoms. The van der Waals surface area contributed by atoms with Crippen LogP contribution in [-0.2, 0) is 10.8 Å². The van der Waals surface area contributed by atoms with Gasteiger partial charge in [0.05, 0.1) is 32.8 Å². The van der Waals surface area contributed by atoms with Crippen LogP contribution in [-0.4, -0.2) is 9.13 Å². The van der Waals surface area contributed by atoms with Crippen molar-refractivity contribution in [1.82, 2.24) is 9.13 Å². The lowest BCUT2D eigenvalue weighted by atomic mass is 9.82. The fourth-order valence-electron chi connectivity index (χ4n) is 10.9. The molecule has 3 aliphatic rings. The second-order valence-electron chi connectivity index (χ2n) is 17.3. The molecular weight excluding hydrogens is 709 g/mol. The predicted molar refractivity (Wildman–Crippen MR) is 237 cm³/mol. The highest BCUT2D eigenvalue weighted by molar-refractivity contribution is 6.16. The van der Waals surface area contributed by atoms with Crippen LogP contribution in [0.2, 0.25) is 0 Å². The molecule has 276 valence electrons. The molecule has 2 aliphatic carbocycles. The Balaban J connectivity index is 0.980. The van der Waals surface area contributed by atoms with Gasteiger partial charge in [0, 0.05) is 33.0 Å². The van der Waals surface area contributed by atoms with Gasteiger partial charge in [0.15, 0.2) is 23.0 Å². The molecule has 2 aromatic heterocycles. The number of para-hydroxylation sites is 2. The van der Waals surface area contributed by atoms with Crippen LogP contribution in [0.15, 0.2) is 158 Å². The summed E-state index contributed by atoms with van der Waals surface area (Å²) in [7, 11) is 0. The van der Waals surface area contributed by atoms with Crippen LogP contribution in [0.5, 0.6) is 23.0 Å². The van der Waals surface area contributed by atoms with Gasteiger partial charge in [0.1, 0.15) is 0 Å². The fourth-order valence-corrected chi connectivity index (χ4v) is 10.9. The van der Waals surface area contributed by atoms with Crippen molar-refractivity contribution in [2.75, 3.05) is 0 Å². The van der Waals surface area contributed by atoms with Gasteiger partial charge in [0.2, 0.25) is 0 Å². The van der Waals surface area contributed by atoms with E-state index >= 15 is 0 Å². The van der Waals surface area contributed by atoms with Crippen LogP contribution in [0.4, 0.5) is 0 Å². The zero-order valence-corrected chi connectivity index (χ0v) is 32.7. The van der Waals surface area contributed by atoms with Crippen molar-refractivity contribution in [3.8, 4) is 56.6 Å². The Hall–Kier alpha value is -7.04. The molecule has 0 fully saturated rings. The Labute approximate surface area is 336 Å². The summed E-state index contributed by atoms with van der Waals surface area (Å²) >= 11 is 0. The first-order valence-corrected chi connectivity index (χ1v) is 20.3. The molecule has 1 aliphatic heterocycles. The molecule has 10 aromatic rings. The van der Waals surface area contributed by atoms with Crippen molar-refractivity contribution >= 4 is 43.6 Å². The Morgan fingerprint density at radius 2 is 0.759 bits per heavy atom. The summed E-state index contributed by atoms with van der Waals surface area (Å²) in [5, 5.41) is 4.34. The molecule has 0 unspecified atom stereocenters. The molecule has 0 amide bonds. The number of nitrogens with zero attached hydrogens (tertiary/aromatic N) is 2. The predicted octanol–water partition coefficient (Wildman–Crippen LogP) is 14.4. The minimum absolute atomic E-state index is 0.0504. The lowest BCUT2D eigenvalue weighted by Crippen LogP contribution is -2.14. The van der Waals surface area contributed by atoms with Gasteiger partial charge in [-0.3, -0.25) is 0 Å². The summed E-state index contributed by atoms with van der Waals surface area (Å²) in [5.41, 5.74) is 17.3. The first-order valence-electron chi connectivity index (χ1n) is 20.3. The maximum Gasteiger partial charge on any atom is 0.180 e. The highest BCUT2D eigenvalue weighted by atomic mass is 16.6. The smallest absolute Gasteiger partial charge is 0.180 e. The number of hydrogen-bond acceptors (Lipinski definition) is 2. The minimum Gasteiger partial charge on any atom is -0.449 e. The van der Waals surface area contributed by atoms with Crippen molar-refractivity contribution in [3.63, 3.8) is 0 Å². The first-order chi connectivity index (χ1) is 28.3. The van der Waals surface area contributed by atoms with Crippen LogP contribution in [0.1, 0.15) is 49.9 Å². The van der Waals surface area contributed by atoms with E-state index < -0.39 is 0 Å². The largest absolute Gasteiger partial charge is 0.449 e. The molecule has 0 atom stereocenters. The molecular formula is C54H38N2O2. The number of rotatable bonds is 2. The van der Waals surface area contributed by atoms with E-state index in [-0.39, 0.29) is 10.8 Å². The molecule has 4 heteroatoms. The van der Waals surface area contributed by atoms with Gasteiger partial charge in [-0.05, 0) is 105 Å². The highest BCUT2D eigenvalue weighted by Crippen LogP contribution is 2.56. The van der Waals surface area contributed by atoms with E-state index in [1.54, 1.807) is 0 Å². The summed E-state index contributed by atoms with van der Waals surface area (Å²) in [6.45, 7) is 9.32. The van der Waals surface area contributed by atoms with Gasteiger partial charge in [-0.1, -0.05) is 125 Å². The van der Waals surface area contributed by atoms with Gasteiger partial charge in [-0.25, -0.2) is 0 Å². The first kappa shape index (κ1) is 32.1. The number of fused-ring (bicyclic) bond motifs is 16. The van der Waals surface area contributed by atoms with Gasteiger partial charge in [0.25, 0.3) is 0 Å². The van der Waals surface area contributed by atoms with Crippen molar-refractivity contribution in [1.29, 1.82) is 0 Å². The normalized spacial score (nSPS) is 15.1. The number of benzene rings is 8. The van der Waals surface area contributed by atoms with Gasteiger partial charge < -0.3 is 18.6 Å². The quantitative estimate of drug-likeness (QED) is 0.176. The highest BCUT2D eigenvalue weighted by Gasteiger charge is 2.37. The molecule has 0 saturated carbocycles. The van der Waals surface area contributed by atoms with Gasteiger partial charge in [-0.2, -0.15) is 0 Å². The average molecular weight is 747 g/mol. The third kappa shape index (κ3) is 3.94. The third-order valence-electron chi connectivity index (χ3n) is 13.6. The molecule has 8 aromatic carbocycles. The SMILES string of the molecule is CC1(C)c2ccccc2-c2cc(-n3c4ccccc4c4c5c(ccc43)Oc3c(ccc4c3c3ccccc3n4-c3ccc4c(c3)-c3ccccc3C4(C)C)O5)ccc21. The molecule has 0 radical (unpaired) electrons. The summed E-state index contributed by atoms with van der Waals surface area (Å²) in [6, 6.07) is 57.5. The van der Waals surface area contributed by atoms with Crippen LogP contribution in [0, 0.1) is 0 Å². The number of aromatic nitrogens is 2. The van der Waals surface area contributed by atoms with E-state index in [0.29, 0.717) is 11.5 Å². The minimum atomic E-state index is -0.0504. The van der Waals surface area contributed by atoms with Crippen molar-refractivity contribution in [2.45, 2.75) is 38.5 Å². The van der Waals surface area contributed by atoms with Crippen molar-refractivity contribution in [2.24, 2.45) is 0 Å². The summed E-state index contributed by atoms with van der Waals surface area (Å²) in [6.07, 6.45) is 0.